The molecule has 0 saturated heterocycles. The Kier molecular flexibility index (Phi) is 6.30. The van der Waals surface area contributed by atoms with Crippen molar-refractivity contribution >= 4 is 5.91 Å². The lowest BCUT2D eigenvalue weighted by molar-refractivity contribution is -0.137. The van der Waals surface area contributed by atoms with Gasteiger partial charge < -0.3 is 5.32 Å². The van der Waals surface area contributed by atoms with Gasteiger partial charge in [-0.25, -0.2) is 0 Å². The number of halogens is 3. The van der Waals surface area contributed by atoms with Gasteiger partial charge in [-0.3, -0.25) is 9.69 Å². The minimum absolute atomic E-state index is 0.0404. The van der Waals surface area contributed by atoms with Crippen LogP contribution in [0.15, 0.2) is 24.3 Å². The predicted octanol–water partition coefficient (Wildman–Crippen LogP) is 2.03. The van der Waals surface area contributed by atoms with E-state index in [2.05, 4.69) is 20.8 Å². The number of benzene rings is 1. The second kappa shape index (κ2) is 8.26. The Bertz CT molecular complexity index is 726. The molecule has 0 aliphatic rings. The molecule has 7 nitrogen and oxygen atoms in total. The van der Waals surface area contributed by atoms with Crippen LogP contribution in [0.1, 0.15) is 32.2 Å². The van der Waals surface area contributed by atoms with Gasteiger partial charge in [-0.15, -0.1) is 5.10 Å². The molecule has 1 aromatic heterocycles. The molecule has 0 spiro atoms. The number of likely N-dealkylation sites (N-methyl/N-ethyl adjacent to an activating group) is 1. The molecule has 0 atom stereocenters. The van der Waals surface area contributed by atoms with Gasteiger partial charge in [0.2, 0.25) is 5.91 Å². The molecule has 0 aliphatic carbocycles. The lowest BCUT2D eigenvalue weighted by atomic mass is 10.2. The van der Waals surface area contributed by atoms with Crippen LogP contribution in [0.25, 0.3) is 5.69 Å². The summed E-state index contributed by atoms with van der Waals surface area (Å²) < 4.78 is 39.4. The molecule has 0 bridgehead atoms. The number of nitrogens with one attached hydrogen (secondary N) is 1. The van der Waals surface area contributed by atoms with Crippen LogP contribution >= 0.6 is 0 Å². The van der Waals surface area contributed by atoms with Crippen LogP contribution in [-0.2, 0) is 17.5 Å². The van der Waals surface area contributed by atoms with Gasteiger partial charge in [0.1, 0.15) is 0 Å². The van der Waals surface area contributed by atoms with E-state index in [-0.39, 0.29) is 25.0 Å². The number of amides is 1. The van der Waals surface area contributed by atoms with Crippen LogP contribution in [0.2, 0.25) is 0 Å². The maximum Gasteiger partial charge on any atom is 0.416 e. The molecule has 10 heteroatoms. The second-order valence-corrected chi connectivity index (χ2v) is 6.08. The third-order valence-corrected chi connectivity index (χ3v) is 3.60. The highest BCUT2D eigenvalue weighted by atomic mass is 19.4. The Morgan fingerprint density at radius 3 is 2.46 bits per heavy atom. The normalized spacial score (nSPS) is 12.0. The maximum atomic E-state index is 12.7. The van der Waals surface area contributed by atoms with E-state index in [1.54, 1.807) is 0 Å². The summed E-state index contributed by atoms with van der Waals surface area (Å²) in [5.41, 5.74) is -0.322. The quantitative estimate of drug-likeness (QED) is 0.807. The molecule has 2 rings (SSSR count). The number of hydrogen-bond acceptors (Lipinski definition) is 5. The van der Waals surface area contributed by atoms with E-state index in [0.29, 0.717) is 18.1 Å². The second-order valence-electron chi connectivity index (χ2n) is 6.08. The van der Waals surface area contributed by atoms with Crippen LogP contribution in [-0.4, -0.2) is 50.1 Å². The summed E-state index contributed by atoms with van der Waals surface area (Å²) in [7, 11) is 0. The molecule has 1 aromatic carbocycles. The summed E-state index contributed by atoms with van der Waals surface area (Å²) in [6.07, 6.45) is -4.40. The largest absolute Gasteiger partial charge is 0.416 e. The lowest BCUT2D eigenvalue weighted by Crippen LogP contribution is -2.40. The molecule has 1 N–H and O–H groups in total. The first kappa shape index (κ1) is 19.8. The molecule has 1 amide bonds. The van der Waals surface area contributed by atoms with E-state index in [4.69, 9.17) is 0 Å². The Balaban J connectivity index is 2.13. The van der Waals surface area contributed by atoms with Crippen molar-refractivity contribution < 1.29 is 18.0 Å². The molecular formula is C16H21F3N6O. The zero-order chi connectivity index (χ0) is 19.3. The van der Waals surface area contributed by atoms with Crippen molar-refractivity contribution in [3.63, 3.8) is 0 Å². The highest BCUT2D eigenvalue weighted by molar-refractivity contribution is 5.78. The van der Waals surface area contributed by atoms with Crippen molar-refractivity contribution in [2.24, 2.45) is 0 Å². The zero-order valence-corrected chi connectivity index (χ0v) is 14.8. The highest BCUT2D eigenvalue weighted by Gasteiger charge is 2.30. The number of carbonyl (C=O) groups is 1. The first-order valence-electron chi connectivity index (χ1n) is 8.17. The van der Waals surface area contributed by atoms with Gasteiger partial charge in [0, 0.05) is 6.04 Å². The molecule has 2 aromatic rings. The Morgan fingerprint density at radius 1 is 1.27 bits per heavy atom. The fourth-order valence-electron chi connectivity index (χ4n) is 2.35. The Hall–Kier alpha value is -2.49. The summed E-state index contributed by atoms with van der Waals surface area (Å²) in [6, 6.07) is 4.62. The average Bonchev–Trinajstić information content (AvgIpc) is 3.00. The third-order valence-electron chi connectivity index (χ3n) is 3.60. The number of rotatable bonds is 7. The SMILES string of the molecule is CCN(CC(=O)NC(C)C)Cc1nnnn1-c1ccc(C(F)(F)F)cc1. The molecule has 0 fully saturated rings. The minimum Gasteiger partial charge on any atom is -0.353 e. The Morgan fingerprint density at radius 2 is 1.92 bits per heavy atom. The fraction of sp³-hybridized carbons (Fsp3) is 0.500. The number of carbonyl (C=O) groups excluding carboxylic acids is 1. The zero-order valence-electron chi connectivity index (χ0n) is 14.8. The molecule has 0 aliphatic heterocycles. The van der Waals surface area contributed by atoms with Gasteiger partial charge >= 0.3 is 6.18 Å². The van der Waals surface area contributed by atoms with E-state index in [9.17, 15) is 18.0 Å². The van der Waals surface area contributed by atoms with E-state index in [1.165, 1.54) is 16.8 Å². The van der Waals surface area contributed by atoms with Crippen molar-refractivity contribution in [3.05, 3.63) is 35.7 Å². The third kappa shape index (κ3) is 5.25. The molecule has 142 valence electrons. The van der Waals surface area contributed by atoms with Crippen LogP contribution in [0, 0.1) is 0 Å². The maximum absolute atomic E-state index is 12.7. The van der Waals surface area contributed by atoms with E-state index in [1.807, 2.05) is 25.7 Å². The predicted molar refractivity (Wildman–Crippen MR) is 88.4 cm³/mol. The summed E-state index contributed by atoms with van der Waals surface area (Å²) in [5.74, 6) is 0.319. The number of hydrogen-bond donors (Lipinski definition) is 1. The minimum atomic E-state index is -4.40. The molecule has 0 saturated carbocycles. The molecule has 0 unspecified atom stereocenters. The summed E-state index contributed by atoms with van der Waals surface area (Å²) in [6.45, 7) is 6.70. The Labute approximate surface area is 149 Å². The lowest BCUT2D eigenvalue weighted by Gasteiger charge is -2.20. The van der Waals surface area contributed by atoms with E-state index < -0.39 is 11.7 Å². The summed E-state index contributed by atoms with van der Waals surface area (Å²) >= 11 is 0. The smallest absolute Gasteiger partial charge is 0.353 e. The van der Waals surface area contributed by atoms with Gasteiger partial charge in [0.05, 0.1) is 24.3 Å². The molecule has 26 heavy (non-hydrogen) atoms. The van der Waals surface area contributed by atoms with Crippen LogP contribution in [0.4, 0.5) is 13.2 Å². The van der Waals surface area contributed by atoms with E-state index >= 15 is 0 Å². The highest BCUT2D eigenvalue weighted by Crippen LogP contribution is 2.29. The van der Waals surface area contributed by atoms with Crippen LogP contribution in [0.3, 0.4) is 0 Å². The van der Waals surface area contributed by atoms with Crippen molar-refractivity contribution in [2.75, 3.05) is 13.1 Å². The summed E-state index contributed by atoms with van der Waals surface area (Å²) in [4.78, 5) is 13.8. The first-order valence-corrected chi connectivity index (χ1v) is 8.17. The topological polar surface area (TPSA) is 75.9 Å². The van der Waals surface area contributed by atoms with Crippen LogP contribution in [0.5, 0.6) is 0 Å². The van der Waals surface area contributed by atoms with Gasteiger partial charge in [-0.05, 0) is 55.1 Å². The van der Waals surface area contributed by atoms with Crippen molar-refractivity contribution in [1.29, 1.82) is 0 Å². The van der Waals surface area contributed by atoms with Crippen molar-refractivity contribution in [2.45, 2.75) is 39.5 Å². The first-order chi connectivity index (χ1) is 12.2. The molecule has 0 radical (unpaired) electrons. The number of alkyl halides is 3. The van der Waals surface area contributed by atoms with Gasteiger partial charge in [-0.1, -0.05) is 6.92 Å². The summed E-state index contributed by atoms with van der Waals surface area (Å²) in [5, 5.41) is 14.2. The van der Waals surface area contributed by atoms with E-state index in [0.717, 1.165) is 12.1 Å². The molecule has 1 heterocycles. The van der Waals surface area contributed by atoms with Crippen molar-refractivity contribution in [3.8, 4) is 5.69 Å². The number of tetrazole rings is 1. The van der Waals surface area contributed by atoms with Crippen LogP contribution < -0.4 is 5.32 Å². The van der Waals surface area contributed by atoms with Gasteiger partial charge in [0.15, 0.2) is 5.82 Å². The number of aromatic nitrogens is 4. The average molecular weight is 370 g/mol. The molecular weight excluding hydrogens is 349 g/mol. The monoisotopic (exact) mass is 370 g/mol. The van der Waals surface area contributed by atoms with Gasteiger partial charge in [-0.2, -0.15) is 17.9 Å². The fourth-order valence-corrected chi connectivity index (χ4v) is 2.35. The number of nitrogens with zero attached hydrogens (tertiary/aromatic N) is 5. The van der Waals surface area contributed by atoms with Crippen molar-refractivity contribution in [1.82, 2.24) is 30.4 Å². The van der Waals surface area contributed by atoms with Gasteiger partial charge in [0.25, 0.3) is 0 Å². The standard InChI is InChI=1S/C16H21F3N6O/c1-4-24(10-15(26)20-11(2)3)9-14-21-22-23-25(14)13-7-5-12(6-8-13)16(17,18)19/h5-8,11H,4,9-10H2,1-3H3,(H,20,26).